The fourth-order valence-electron chi connectivity index (χ4n) is 1.95. The highest BCUT2D eigenvalue weighted by molar-refractivity contribution is 5.73. The number of aryl methyl sites for hydroxylation is 1. The molecule has 0 saturated heterocycles. The third kappa shape index (κ3) is 1.93. The highest BCUT2D eigenvalue weighted by Gasteiger charge is 2.06. The Kier molecular flexibility index (Phi) is 2.48. The molecule has 0 radical (unpaired) electrons. The van der Waals surface area contributed by atoms with E-state index in [2.05, 4.69) is 4.98 Å². The van der Waals surface area contributed by atoms with Crippen LogP contribution in [0.15, 0.2) is 39.2 Å². The van der Waals surface area contributed by atoms with E-state index in [-0.39, 0.29) is 0 Å². The first kappa shape index (κ1) is 10.8. The van der Waals surface area contributed by atoms with Crippen molar-refractivity contribution in [2.24, 2.45) is 0 Å². The van der Waals surface area contributed by atoms with Gasteiger partial charge in [0.1, 0.15) is 11.3 Å². The predicted octanol–water partition coefficient (Wildman–Crippen LogP) is 3.13. The van der Waals surface area contributed by atoms with E-state index in [1.165, 1.54) is 0 Å². The smallest absolute Gasteiger partial charge is 0.192 e. The van der Waals surface area contributed by atoms with E-state index < -0.39 is 0 Å². The van der Waals surface area contributed by atoms with Crippen molar-refractivity contribution in [3.05, 3.63) is 53.3 Å². The quantitative estimate of drug-likeness (QED) is 0.661. The third-order valence-electron chi connectivity index (χ3n) is 2.74. The van der Waals surface area contributed by atoms with Gasteiger partial charge in [0.15, 0.2) is 23.5 Å². The molecule has 0 fully saturated rings. The number of hydrogen-bond acceptors (Lipinski definition) is 4. The van der Waals surface area contributed by atoms with Crippen LogP contribution in [0.2, 0.25) is 0 Å². The first-order valence-electron chi connectivity index (χ1n) is 5.64. The summed E-state index contributed by atoms with van der Waals surface area (Å²) in [6, 6.07) is 9.32. The molecular weight excluding hydrogens is 230 g/mol. The molecule has 0 aliphatic rings. The maximum atomic E-state index is 10.5. The molecule has 2 aromatic heterocycles. The molecular formula is C14H11NO3. The predicted molar refractivity (Wildman–Crippen MR) is 65.6 cm³/mol. The number of fused-ring (bicyclic) bond motifs is 1. The largest absolute Gasteiger partial charge is 0.458 e. The summed E-state index contributed by atoms with van der Waals surface area (Å²) in [5.41, 5.74) is 2.68. The van der Waals surface area contributed by atoms with E-state index in [0.717, 1.165) is 22.4 Å². The van der Waals surface area contributed by atoms with Crippen molar-refractivity contribution >= 4 is 17.4 Å². The van der Waals surface area contributed by atoms with Gasteiger partial charge in [0, 0.05) is 13.3 Å². The Bertz CT molecular complexity index is 709. The van der Waals surface area contributed by atoms with Gasteiger partial charge in [-0.25, -0.2) is 4.98 Å². The summed E-state index contributed by atoms with van der Waals surface area (Å²) in [6.45, 7) is 1.82. The van der Waals surface area contributed by atoms with Gasteiger partial charge in [-0.05, 0) is 29.8 Å². The molecule has 0 aliphatic carbocycles. The van der Waals surface area contributed by atoms with Crippen LogP contribution in [0.1, 0.15) is 27.8 Å². The highest BCUT2D eigenvalue weighted by atomic mass is 16.3. The lowest BCUT2D eigenvalue weighted by Gasteiger charge is -1.97. The molecule has 3 rings (SSSR count). The molecule has 18 heavy (non-hydrogen) atoms. The molecule has 0 bridgehead atoms. The van der Waals surface area contributed by atoms with E-state index in [1.807, 2.05) is 25.1 Å². The summed E-state index contributed by atoms with van der Waals surface area (Å²) in [5.74, 6) is 1.76. The molecule has 4 nitrogen and oxygen atoms in total. The normalized spacial score (nSPS) is 10.9. The number of furan rings is 1. The van der Waals surface area contributed by atoms with Crippen LogP contribution in [0.4, 0.5) is 0 Å². The van der Waals surface area contributed by atoms with Crippen LogP contribution >= 0.6 is 0 Å². The van der Waals surface area contributed by atoms with Crippen molar-refractivity contribution in [2.45, 2.75) is 13.3 Å². The average molecular weight is 241 g/mol. The SMILES string of the molecule is Cc1nc2ccc(Cc3ccc(C=O)o3)cc2o1. The lowest BCUT2D eigenvalue weighted by Crippen LogP contribution is -1.85. The van der Waals surface area contributed by atoms with Crippen LogP contribution in [-0.2, 0) is 6.42 Å². The van der Waals surface area contributed by atoms with E-state index in [1.54, 1.807) is 12.1 Å². The first-order chi connectivity index (χ1) is 8.74. The second-order valence-corrected chi connectivity index (χ2v) is 4.13. The van der Waals surface area contributed by atoms with Crippen LogP contribution < -0.4 is 0 Å². The number of aromatic nitrogens is 1. The minimum atomic E-state index is 0.349. The van der Waals surface area contributed by atoms with Gasteiger partial charge in [-0.15, -0.1) is 0 Å². The van der Waals surface area contributed by atoms with Gasteiger partial charge in [-0.1, -0.05) is 6.07 Å². The summed E-state index contributed by atoms with van der Waals surface area (Å²) in [6.07, 6.45) is 1.33. The van der Waals surface area contributed by atoms with Gasteiger partial charge in [0.05, 0.1) is 0 Å². The average Bonchev–Trinajstić information content (AvgIpc) is 2.94. The maximum absolute atomic E-state index is 10.5. The van der Waals surface area contributed by atoms with E-state index >= 15 is 0 Å². The van der Waals surface area contributed by atoms with Crippen molar-refractivity contribution in [1.29, 1.82) is 0 Å². The van der Waals surface area contributed by atoms with Gasteiger partial charge in [0.2, 0.25) is 0 Å². The zero-order valence-electron chi connectivity index (χ0n) is 9.84. The number of hydrogen-bond donors (Lipinski definition) is 0. The van der Waals surface area contributed by atoms with Crippen LogP contribution in [0.25, 0.3) is 11.1 Å². The van der Waals surface area contributed by atoms with Crippen molar-refractivity contribution in [3.63, 3.8) is 0 Å². The zero-order chi connectivity index (χ0) is 12.5. The molecule has 0 amide bonds. The molecule has 2 heterocycles. The van der Waals surface area contributed by atoms with Gasteiger partial charge >= 0.3 is 0 Å². The molecule has 0 N–H and O–H groups in total. The number of benzene rings is 1. The van der Waals surface area contributed by atoms with Crippen LogP contribution in [0.3, 0.4) is 0 Å². The van der Waals surface area contributed by atoms with Gasteiger partial charge in [0.25, 0.3) is 0 Å². The number of carbonyl (C=O) groups is 1. The summed E-state index contributed by atoms with van der Waals surface area (Å²) in [4.78, 5) is 14.8. The number of carbonyl (C=O) groups excluding carboxylic acids is 1. The zero-order valence-corrected chi connectivity index (χ0v) is 9.84. The van der Waals surface area contributed by atoms with E-state index in [0.29, 0.717) is 24.4 Å². The second-order valence-electron chi connectivity index (χ2n) is 4.13. The van der Waals surface area contributed by atoms with Gasteiger partial charge < -0.3 is 8.83 Å². The number of aldehydes is 1. The maximum Gasteiger partial charge on any atom is 0.192 e. The summed E-state index contributed by atoms with van der Waals surface area (Å²) >= 11 is 0. The molecule has 0 unspecified atom stereocenters. The minimum absolute atomic E-state index is 0.349. The second kappa shape index (κ2) is 4.14. The molecule has 0 aliphatic heterocycles. The van der Waals surface area contributed by atoms with Crippen molar-refractivity contribution < 1.29 is 13.6 Å². The van der Waals surface area contributed by atoms with Gasteiger partial charge in [-0.2, -0.15) is 0 Å². The molecule has 0 saturated carbocycles. The summed E-state index contributed by atoms with van der Waals surface area (Å²) < 4.78 is 10.8. The number of oxazole rings is 1. The Hall–Kier alpha value is -2.36. The standard InChI is InChI=1S/C14H11NO3/c1-9-15-13-5-2-10(7-14(13)17-9)6-11-3-4-12(8-16)18-11/h2-5,7-8H,6H2,1H3. The van der Waals surface area contributed by atoms with Crippen molar-refractivity contribution in [1.82, 2.24) is 4.98 Å². The summed E-state index contributed by atoms with van der Waals surface area (Å²) in [7, 11) is 0. The Labute approximate surface area is 103 Å². The Balaban J connectivity index is 1.91. The fraction of sp³-hybridized carbons (Fsp3) is 0.143. The van der Waals surface area contributed by atoms with Crippen LogP contribution in [-0.4, -0.2) is 11.3 Å². The van der Waals surface area contributed by atoms with Crippen LogP contribution in [0.5, 0.6) is 0 Å². The monoisotopic (exact) mass is 241 g/mol. The molecule has 0 spiro atoms. The highest BCUT2D eigenvalue weighted by Crippen LogP contribution is 2.19. The molecule has 0 atom stereocenters. The van der Waals surface area contributed by atoms with Crippen molar-refractivity contribution in [2.75, 3.05) is 0 Å². The van der Waals surface area contributed by atoms with E-state index in [9.17, 15) is 4.79 Å². The Morgan fingerprint density at radius 1 is 1.22 bits per heavy atom. The topological polar surface area (TPSA) is 56.2 Å². The number of rotatable bonds is 3. The molecule has 4 heteroatoms. The molecule has 1 aromatic carbocycles. The van der Waals surface area contributed by atoms with Gasteiger partial charge in [-0.3, -0.25) is 4.79 Å². The summed E-state index contributed by atoms with van der Waals surface area (Å²) in [5, 5.41) is 0. The van der Waals surface area contributed by atoms with Crippen LogP contribution in [0, 0.1) is 6.92 Å². The Morgan fingerprint density at radius 2 is 2.11 bits per heavy atom. The van der Waals surface area contributed by atoms with Crippen molar-refractivity contribution in [3.8, 4) is 0 Å². The molecule has 3 aromatic rings. The first-order valence-corrected chi connectivity index (χ1v) is 5.64. The van der Waals surface area contributed by atoms with E-state index in [4.69, 9.17) is 8.83 Å². The minimum Gasteiger partial charge on any atom is -0.458 e. The fourth-order valence-corrected chi connectivity index (χ4v) is 1.95. The number of nitrogens with zero attached hydrogens (tertiary/aromatic N) is 1. The lowest BCUT2D eigenvalue weighted by molar-refractivity contribution is 0.109. The lowest BCUT2D eigenvalue weighted by atomic mass is 10.1. The Morgan fingerprint density at radius 3 is 2.89 bits per heavy atom. The molecule has 90 valence electrons. The third-order valence-corrected chi connectivity index (χ3v) is 2.74.